The third-order valence-corrected chi connectivity index (χ3v) is 4.74. The van der Waals surface area contributed by atoms with E-state index in [1.165, 1.54) is 6.07 Å². The van der Waals surface area contributed by atoms with Crippen molar-refractivity contribution in [3.63, 3.8) is 0 Å². The summed E-state index contributed by atoms with van der Waals surface area (Å²) in [6.45, 7) is 2.12. The van der Waals surface area contributed by atoms with Gasteiger partial charge in [0.2, 0.25) is 5.91 Å². The predicted molar refractivity (Wildman–Crippen MR) is 108 cm³/mol. The molecule has 0 radical (unpaired) electrons. The molecule has 2 aromatic heterocycles. The molecule has 0 aliphatic carbocycles. The lowest BCUT2D eigenvalue weighted by Crippen LogP contribution is -2.41. The number of carbonyl (C=O) groups excluding carboxylic acids is 2. The number of carbonyl (C=O) groups is 2. The number of aromatic nitrogens is 3. The molecule has 2 heterocycles. The summed E-state index contributed by atoms with van der Waals surface area (Å²) in [7, 11) is 0. The minimum absolute atomic E-state index is 0.143. The van der Waals surface area contributed by atoms with Crippen LogP contribution in [0.2, 0.25) is 10.0 Å². The summed E-state index contributed by atoms with van der Waals surface area (Å²) < 4.78 is 1.69. The number of nitrogens with one attached hydrogen (secondary N) is 2. The minimum Gasteiger partial charge on any atom is -0.340 e. The molecule has 0 saturated carbocycles. The van der Waals surface area contributed by atoms with Crippen LogP contribution in [0, 0.1) is 0 Å². The van der Waals surface area contributed by atoms with Crippen molar-refractivity contribution in [3.05, 3.63) is 76.2 Å². The van der Waals surface area contributed by atoms with Crippen molar-refractivity contribution in [1.29, 1.82) is 0 Å². The Kier molecular flexibility index (Phi) is 6.28. The molecule has 1 unspecified atom stereocenters. The fourth-order valence-corrected chi connectivity index (χ4v) is 2.83. The topological polar surface area (TPSA) is 88.9 Å². The van der Waals surface area contributed by atoms with Crippen LogP contribution in [-0.4, -0.2) is 32.6 Å². The Labute approximate surface area is 171 Å². The molecule has 1 aromatic carbocycles. The number of hydrogen-bond donors (Lipinski definition) is 2. The standard InChI is InChI=1S/C19H17Cl2N5O2/c1-12(23-19(28)14-3-2-4-15(20)17(14)21)18(27)24-16-7-10-26(25-16)11-13-5-8-22-9-6-13/h2-10,12H,11H2,1H3,(H,23,28)(H,24,25,27). The third-order valence-electron chi connectivity index (χ3n) is 3.92. The monoisotopic (exact) mass is 417 g/mol. The zero-order valence-electron chi connectivity index (χ0n) is 14.9. The Balaban J connectivity index is 1.58. The maximum atomic E-state index is 12.4. The van der Waals surface area contributed by atoms with Gasteiger partial charge in [-0.15, -0.1) is 0 Å². The summed E-state index contributed by atoms with van der Waals surface area (Å²) >= 11 is 12.0. The average molecular weight is 418 g/mol. The Hall–Kier alpha value is -2.90. The number of hydrogen-bond acceptors (Lipinski definition) is 4. The van der Waals surface area contributed by atoms with Gasteiger partial charge in [-0.1, -0.05) is 29.3 Å². The zero-order valence-corrected chi connectivity index (χ0v) is 16.4. The van der Waals surface area contributed by atoms with Gasteiger partial charge in [-0.25, -0.2) is 0 Å². The molecule has 3 aromatic rings. The highest BCUT2D eigenvalue weighted by molar-refractivity contribution is 6.43. The summed E-state index contributed by atoms with van der Waals surface area (Å²) in [6, 6.07) is 9.39. The number of anilines is 1. The maximum absolute atomic E-state index is 12.4. The fourth-order valence-electron chi connectivity index (χ4n) is 2.45. The van der Waals surface area contributed by atoms with Gasteiger partial charge in [0.1, 0.15) is 6.04 Å². The summed E-state index contributed by atoms with van der Waals surface area (Å²) in [5.41, 5.74) is 1.24. The lowest BCUT2D eigenvalue weighted by molar-refractivity contribution is -0.117. The van der Waals surface area contributed by atoms with Gasteiger partial charge in [0.05, 0.1) is 22.2 Å². The van der Waals surface area contributed by atoms with Crippen molar-refractivity contribution < 1.29 is 9.59 Å². The van der Waals surface area contributed by atoms with Crippen LogP contribution in [0.15, 0.2) is 55.0 Å². The van der Waals surface area contributed by atoms with Crippen LogP contribution in [0.3, 0.4) is 0 Å². The normalized spacial score (nSPS) is 11.7. The quantitative estimate of drug-likeness (QED) is 0.642. The first-order chi connectivity index (χ1) is 13.4. The summed E-state index contributed by atoms with van der Waals surface area (Å²) in [5, 5.41) is 9.99. The zero-order chi connectivity index (χ0) is 20.1. The van der Waals surface area contributed by atoms with Crippen LogP contribution in [0.4, 0.5) is 5.82 Å². The van der Waals surface area contributed by atoms with Gasteiger partial charge >= 0.3 is 0 Å². The largest absolute Gasteiger partial charge is 0.340 e. The van der Waals surface area contributed by atoms with Crippen molar-refractivity contribution in [2.45, 2.75) is 19.5 Å². The third kappa shape index (κ3) is 4.88. The van der Waals surface area contributed by atoms with Crippen LogP contribution in [0.5, 0.6) is 0 Å². The van der Waals surface area contributed by atoms with E-state index in [0.29, 0.717) is 12.4 Å². The maximum Gasteiger partial charge on any atom is 0.253 e. The van der Waals surface area contributed by atoms with E-state index in [-0.39, 0.29) is 15.6 Å². The van der Waals surface area contributed by atoms with Crippen molar-refractivity contribution in [1.82, 2.24) is 20.1 Å². The molecule has 0 saturated heterocycles. The van der Waals surface area contributed by atoms with Crippen LogP contribution < -0.4 is 10.6 Å². The molecule has 0 bridgehead atoms. The van der Waals surface area contributed by atoms with E-state index >= 15 is 0 Å². The van der Waals surface area contributed by atoms with E-state index in [1.54, 1.807) is 48.4 Å². The van der Waals surface area contributed by atoms with Gasteiger partial charge in [-0.2, -0.15) is 5.10 Å². The summed E-state index contributed by atoms with van der Waals surface area (Å²) in [4.78, 5) is 28.7. The first-order valence-electron chi connectivity index (χ1n) is 8.42. The fraction of sp³-hybridized carbons (Fsp3) is 0.158. The Morgan fingerprint density at radius 3 is 2.64 bits per heavy atom. The highest BCUT2D eigenvalue weighted by Gasteiger charge is 2.19. The van der Waals surface area contributed by atoms with E-state index in [2.05, 4.69) is 20.7 Å². The molecule has 2 amide bonds. The number of pyridine rings is 1. The molecule has 0 aliphatic rings. The molecule has 9 heteroatoms. The van der Waals surface area contributed by atoms with Crippen molar-refractivity contribution in [2.75, 3.05) is 5.32 Å². The van der Waals surface area contributed by atoms with E-state index in [0.717, 1.165) is 5.56 Å². The van der Waals surface area contributed by atoms with Gasteiger partial charge in [0.15, 0.2) is 5.82 Å². The van der Waals surface area contributed by atoms with Crippen LogP contribution in [-0.2, 0) is 11.3 Å². The Morgan fingerprint density at radius 2 is 1.89 bits per heavy atom. The lowest BCUT2D eigenvalue weighted by atomic mass is 10.2. The lowest BCUT2D eigenvalue weighted by Gasteiger charge is -2.14. The Bertz CT molecular complexity index is 991. The number of nitrogens with zero attached hydrogens (tertiary/aromatic N) is 3. The first-order valence-corrected chi connectivity index (χ1v) is 9.17. The number of rotatable bonds is 6. The van der Waals surface area contributed by atoms with Crippen molar-refractivity contribution >= 4 is 40.8 Å². The first kappa shape index (κ1) is 19.9. The SMILES string of the molecule is CC(NC(=O)c1cccc(Cl)c1Cl)C(=O)Nc1ccn(Cc2ccncc2)n1. The van der Waals surface area contributed by atoms with Crippen LogP contribution in [0.25, 0.3) is 0 Å². The van der Waals surface area contributed by atoms with Crippen LogP contribution in [0.1, 0.15) is 22.8 Å². The molecule has 0 aliphatic heterocycles. The number of benzene rings is 1. The molecule has 3 rings (SSSR count). The van der Waals surface area contributed by atoms with E-state index in [1.807, 2.05) is 12.1 Å². The molecule has 1 atom stereocenters. The van der Waals surface area contributed by atoms with Crippen LogP contribution >= 0.6 is 23.2 Å². The van der Waals surface area contributed by atoms with Gasteiger partial charge < -0.3 is 10.6 Å². The number of amides is 2. The van der Waals surface area contributed by atoms with Gasteiger partial charge in [0, 0.05) is 24.7 Å². The molecular weight excluding hydrogens is 401 g/mol. The number of halogens is 2. The molecule has 0 fully saturated rings. The minimum atomic E-state index is -0.798. The molecular formula is C19H17Cl2N5O2. The van der Waals surface area contributed by atoms with Crippen molar-refractivity contribution in [2.24, 2.45) is 0 Å². The van der Waals surface area contributed by atoms with Gasteiger partial charge in [-0.3, -0.25) is 19.3 Å². The second-order valence-electron chi connectivity index (χ2n) is 6.04. The smallest absolute Gasteiger partial charge is 0.253 e. The Morgan fingerprint density at radius 1 is 1.14 bits per heavy atom. The molecule has 0 spiro atoms. The summed E-state index contributed by atoms with van der Waals surface area (Å²) in [5.74, 6) is -0.500. The van der Waals surface area contributed by atoms with Gasteiger partial charge in [-0.05, 0) is 36.8 Å². The highest BCUT2D eigenvalue weighted by atomic mass is 35.5. The molecule has 28 heavy (non-hydrogen) atoms. The second kappa shape index (κ2) is 8.86. The molecule has 7 nitrogen and oxygen atoms in total. The highest BCUT2D eigenvalue weighted by Crippen LogP contribution is 2.25. The van der Waals surface area contributed by atoms with E-state index < -0.39 is 17.9 Å². The van der Waals surface area contributed by atoms with E-state index in [4.69, 9.17) is 23.2 Å². The molecule has 144 valence electrons. The average Bonchev–Trinajstić information content (AvgIpc) is 3.11. The summed E-state index contributed by atoms with van der Waals surface area (Å²) in [6.07, 6.45) is 5.17. The van der Waals surface area contributed by atoms with Gasteiger partial charge in [0.25, 0.3) is 5.91 Å². The predicted octanol–water partition coefficient (Wildman–Crippen LogP) is 3.39. The second-order valence-corrected chi connectivity index (χ2v) is 6.82. The van der Waals surface area contributed by atoms with E-state index in [9.17, 15) is 9.59 Å². The molecule has 2 N–H and O–H groups in total. The van der Waals surface area contributed by atoms with Crippen molar-refractivity contribution in [3.8, 4) is 0 Å².